The Kier molecular flexibility index (Phi) is 2.58. The van der Waals surface area contributed by atoms with Crippen molar-refractivity contribution in [2.75, 3.05) is 0 Å². The summed E-state index contributed by atoms with van der Waals surface area (Å²) in [5.41, 5.74) is 1.03. The second-order valence-electron chi connectivity index (χ2n) is 4.29. The van der Waals surface area contributed by atoms with Crippen LogP contribution in [0.1, 0.15) is 5.56 Å². The first-order valence-corrected chi connectivity index (χ1v) is 5.86. The highest BCUT2D eigenvalue weighted by atomic mass is 16.5. The van der Waals surface area contributed by atoms with Crippen LogP contribution in [-0.2, 0) is 20.7 Å². The van der Waals surface area contributed by atoms with Gasteiger partial charge in [-0.15, -0.1) is 5.10 Å². The van der Waals surface area contributed by atoms with Gasteiger partial charge in [0.1, 0.15) is 6.61 Å². The van der Waals surface area contributed by atoms with E-state index in [-0.39, 0.29) is 12.3 Å². The lowest BCUT2D eigenvalue weighted by Gasteiger charge is -2.03. The Hall–Kier alpha value is -2.84. The van der Waals surface area contributed by atoms with Crippen molar-refractivity contribution in [1.29, 1.82) is 0 Å². The van der Waals surface area contributed by atoms with Gasteiger partial charge in [0.2, 0.25) is 5.88 Å². The highest BCUT2D eigenvalue weighted by molar-refractivity contribution is 5.37. The molecule has 0 aromatic carbocycles. The number of ether oxygens (including phenoxy) is 1. The van der Waals surface area contributed by atoms with Crippen molar-refractivity contribution in [3.05, 3.63) is 40.7 Å². The molecule has 0 aliphatic heterocycles. The average Bonchev–Trinajstić information content (AvgIpc) is 3.10. The van der Waals surface area contributed by atoms with Crippen LogP contribution in [0.5, 0.6) is 5.88 Å². The van der Waals surface area contributed by atoms with Crippen LogP contribution in [0, 0.1) is 0 Å². The molecule has 0 saturated heterocycles. The van der Waals surface area contributed by atoms with Crippen LogP contribution in [0.4, 0.5) is 0 Å². The van der Waals surface area contributed by atoms with Crippen molar-refractivity contribution in [3.63, 3.8) is 0 Å². The molecular formula is C11H13N7O2. The van der Waals surface area contributed by atoms with Crippen LogP contribution < -0.4 is 10.4 Å². The summed E-state index contributed by atoms with van der Waals surface area (Å²) >= 11 is 0. The van der Waals surface area contributed by atoms with Gasteiger partial charge in [-0.1, -0.05) is 0 Å². The molecule has 104 valence electrons. The monoisotopic (exact) mass is 277 g/mol. The molecule has 0 aliphatic rings. The number of nitrogens with zero attached hydrogens (tertiary/aromatic N) is 6. The van der Waals surface area contributed by atoms with Gasteiger partial charge in [0.05, 0.1) is 5.69 Å². The molecule has 1 N–H and O–H groups in total. The SMILES string of the molecule is [3H]n1ccc(OCc2cn(C)cc2-n2nnn(C)c2=O)n1. The van der Waals surface area contributed by atoms with Crippen molar-refractivity contribution in [2.24, 2.45) is 14.1 Å². The lowest BCUT2D eigenvalue weighted by molar-refractivity contribution is 0.293. The molecule has 0 atom stereocenters. The van der Waals surface area contributed by atoms with Gasteiger partial charge in [0.15, 0.2) is 1.41 Å². The predicted octanol–water partition coefficient (Wildman–Crippen LogP) is -0.393. The Morgan fingerprint density at radius 3 is 2.90 bits per heavy atom. The molecule has 0 saturated carbocycles. The van der Waals surface area contributed by atoms with Gasteiger partial charge in [0, 0.05) is 44.3 Å². The number of aromatic amines is 1. The quantitative estimate of drug-likeness (QED) is 0.700. The van der Waals surface area contributed by atoms with E-state index >= 15 is 0 Å². The van der Waals surface area contributed by atoms with Gasteiger partial charge in [-0.2, -0.15) is 9.36 Å². The Morgan fingerprint density at radius 1 is 1.40 bits per heavy atom. The fraction of sp³-hybridized carbons (Fsp3) is 0.273. The van der Waals surface area contributed by atoms with Crippen molar-refractivity contribution in [2.45, 2.75) is 6.61 Å². The number of rotatable bonds is 4. The molecule has 0 fully saturated rings. The van der Waals surface area contributed by atoms with Gasteiger partial charge in [-0.05, 0) is 10.4 Å². The first-order valence-electron chi connectivity index (χ1n) is 6.31. The number of tetrazole rings is 1. The van der Waals surface area contributed by atoms with Gasteiger partial charge in [-0.25, -0.2) is 4.79 Å². The molecule has 3 aromatic heterocycles. The van der Waals surface area contributed by atoms with E-state index in [0.717, 1.165) is 15.3 Å². The Balaban J connectivity index is 1.89. The lowest BCUT2D eigenvalue weighted by Crippen LogP contribution is -2.22. The molecule has 3 heterocycles. The molecule has 3 rings (SSSR count). The molecule has 0 aliphatic carbocycles. The molecule has 0 bridgehead atoms. The Labute approximate surface area is 114 Å². The van der Waals surface area contributed by atoms with Crippen LogP contribution in [0.15, 0.2) is 29.5 Å². The summed E-state index contributed by atoms with van der Waals surface area (Å²) in [4.78, 5) is 11.9. The van der Waals surface area contributed by atoms with Crippen LogP contribution in [-0.4, -0.2) is 34.5 Å². The summed E-state index contributed by atoms with van der Waals surface area (Å²) in [5.74, 6) is 0.339. The number of hydrogen-bond donors (Lipinski definition) is 1. The zero-order valence-corrected chi connectivity index (χ0v) is 11.0. The van der Waals surface area contributed by atoms with Crippen LogP contribution in [0.3, 0.4) is 0 Å². The highest BCUT2D eigenvalue weighted by Gasteiger charge is 2.14. The molecular weight excluding hydrogens is 262 g/mol. The standard InChI is InChI=1S/C11H13N7O2/c1-16-5-8(7-20-10-3-4-12-13-10)9(6-16)18-11(19)17(2)14-15-18/h3-6H,7H2,1-2H3,(H,12,13)/i/hT. The topological polar surface area (TPSA) is 95.5 Å². The number of hydrogen-bond acceptors (Lipinski definition) is 5. The first kappa shape index (κ1) is 11.0. The summed E-state index contributed by atoms with van der Waals surface area (Å²) in [6.45, 7) is 0.205. The minimum absolute atomic E-state index is 0.205. The largest absolute Gasteiger partial charge is 0.472 e. The van der Waals surface area contributed by atoms with Gasteiger partial charge < -0.3 is 9.30 Å². The van der Waals surface area contributed by atoms with E-state index in [1.807, 2.05) is 13.2 Å². The van der Waals surface area contributed by atoms with Gasteiger partial charge >= 0.3 is 5.69 Å². The fourth-order valence-corrected chi connectivity index (χ4v) is 1.84. The minimum atomic E-state index is -0.335. The van der Waals surface area contributed by atoms with E-state index in [1.54, 1.807) is 16.8 Å². The molecule has 20 heavy (non-hydrogen) atoms. The van der Waals surface area contributed by atoms with Crippen LogP contribution in [0.2, 0.25) is 1.41 Å². The van der Waals surface area contributed by atoms with Crippen molar-refractivity contribution < 1.29 is 6.15 Å². The van der Waals surface area contributed by atoms with Crippen molar-refractivity contribution >= 4 is 0 Å². The molecule has 3 aromatic rings. The average molecular weight is 277 g/mol. The van der Waals surface area contributed by atoms with E-state index in [9.17, 15) is 4.79 Å². The number of aryl methyl sites for hydroxylation is 2. The van der Waals surface area contributed by atoms with Crippen LogP contribution >= 0.6 is 0 Å². The smallest absolute Gasteiger partial charge is 0.368 e. The lowest BCUT2D eigenvalue weighted by atomic mass is 10.3. The van der Waals surface area contributed by atoms with E-state index in [4.69, 9.17) is 6.15 Å². The van der Waals surface area contributed by atoms with Gasteiger partial charge in [0.25, 0.3) is 0 Å². The summed E-state index contributed by atoms with van der Waals surface area (Å²) in [6, 6.07) is 1.59. The third kappa shape index (κ3) is 2.09. The summed E-state index contributed by atoms with van der Waals surface area (Å²) < 4.78 is 16.9. The normalized spacial score (nSPS) is 11.6. The third-order valence-electron chi connectivity index (χ3n) is 2.78. The number of H-pyrrole nitrogens is 1. The molecule has 0 spiro atoms. The second kappa shape index (κ2) is 4.68. The maximum Gasteiger partial charge on any atom is 0.368 e. The number of nitrogens with one attached hydrogen (secondary N) is 1. The maximum atomic E-state index is 11.9. The summed E-state index contributed by atoms with van der Waals surface area (Å²) in [7, 11) is 3.37. The maximum absolute atomic E-state index is 11.9. The minimum Gasteiger partial charge on any atom is -0.472 e. The van der Waals surface area contributed by atoms with Crippen molar-refractivity contribution in [1.82, 2.24) is 34.5 Å². The van der Waals surface area contributed by atoms with E-state index < -0.39 is 0 Å². The van der Waals surface area contributed by atoms with E-state index in [1.165, 1.54) is 17.9 Å². The molecule has 0 radical (unpaired) electrons. The third-order valence-corrected chi connectivity index (χ3v) is 2.78. The zero-order chi connectivity index (χ0) is 15.0. The first-order chi connectivity index (χ1) is 10.0. The Morgan fingerprint density at radius 2 is 2.25 bits per heavy atom. The molecule has 0 amide bonds. The van der Waals surface area contributed by atoms with Gasteiger partial charge in [-0.3, -0.25) is 5.09 Å². The van der Waals surface area contributed by atoms with Crippen molar-refractivity contribution in [3.8, 4) is 11.6 Å². The predicted molar refractivity (Wildman–Crippen MR) is 68.5 cm³/mol. The van der Waals surface area contributed by atoms with E-state index in [0.29, 0.717) is 11.6 Å². The Bertz CT molecular complexity index is 828. The summed E-state index contributed by atoms with van der Waals surface area (Å²) in [6.07, 6.45) is 5.06. The second-order valence-corrected chi connectivity index (χ2v) is 4.29. The number of aromatic nitrogens is 7. The fourth-order valence-electron chi connectivity index (χ4n) is 1.84. The van der Waals surface area contributed by atoms with Crippen LogP contribution in [0.25, 0.3) is 5.69 Å². The van der Waals surface area contributed by atoms with E-state index in [2.05, 4.69) is 15.5 Å². The summed E-state index contributed by atoms with van der Waals surface area (Å²) in [5, 5.41) is 12.2. The molecule has 9 nitrogen and oxygen atoms in total. The zero-order valence-electron chi connectivity index (χ0n) is 12.0. The molecule has 9 heteroatoms. The highest BCUT2D eigenvalue weighted by Crippen LogP contribution is 2.15. The molecule has 0 unspecified atom stereocenters.